The Bertz CT molecular complexity index is 409. The van der Waals surface area contributed by atoms with Crippen LogP contribution in [0.15, 0.2) is 18.2 Å². The molecule has 4 nitrogen and oxygen atoms in total. The van der Waals surface area contributed by atoms with Gasteiger partial charge in [-0.15, -0.1) is 0 Å². The van der Waals surface area contributed by atoms with E-state index in [2.05, 4.69) is 11.8 Å². The van der Waals surface area contributed by atoms with E-state index in [1.54, 1.807) is 19.2 Å². The van der Waals surface area contributed by atoms with Crippen LogP contribution in [0.3, 0.4) is 0 Å². The van der Waals surface area contributed by atoms with Crippen molar-refractivity contribution in [2.75, 3.05) is 20.2 Å². The van der Waals surface area contributed by atoms with Gasteiger partial charge in [0, 0.05) is 24.2 Å². The summed E-state index contributed by atoms with van der Waals surface area (Å²) in [4.78, 5) is 2.37. The van der Waals surface area contributed by atoms with Gasteiger partial charge < -0.3 is 15.6 Å². The molecule has 1 aliphatic rings. The number of phenols is 1. The number of benzene rings is 1. The molecular formula is C14H22N2O2. The largest absolute Gasteiger partial charge is 0.508 e. The van der Waals surface area contributed by atoms with Gasteiger partial charge in [0.1, 0.15) is 11.5 Å². The van der Waals surface area contributed by atoms with E-state index < -0.39 is 0 Å². The van der Waals surface area contributed by atoms with Gasteiger partial charge in [-0.05, 0) is 44.5 Å². The molecule has 100 valence electrons. The minimum Gasteiger partial charge on any atom is -0.508 e. The summed E-state index contributed by atoms with van der Waals surface area (Å²) in [5.74, 6) is 1.10. The third-order valence-corrected chi connectivity index (χ3v) is 3.88. The molecule has 2 rings (SSSR count). The van der Waals surface area contributed by atoms with Gasteiger partial charge in [0.05, 0.1) is 7.11 Å². The van der Waals surface area contributed by atoms with Crippen LogP contribution >= 0.6 is 0 Å². The third kappa shape index (κ3) is 2.44. The number of nitrogens with two attached hydrogens (primary N) is 1. The summed E-state index contributed by atoms with van der Waals surface area (Å²) in [5.41, 5.74) is 6.72. The van der Waals surface area contributed by atoms with Crippen molar-refractivity contribution in [1.82, 2.24) is 4.90 Å². The molecule has 1 fully saturated rings. The number of nitrogens with zero attached hydrogens (tertiary/aromatic N) is 1. The minimum absolute atomic E-state index is 0.163. The zero-order chi connectivity index (χ0) is 13.1. The van der Waals surface area contributed by atoms with Crippen molar-refractivity contribution in [3.63, 3.8) is 0 Å². The first-order chi connectivity index (χ1) is 8.67. The van der Waals surface area contributed by atoms with E-state index in [1.165, 1.54) is 6.42 Å². The van der Waals surface area contributed by atoms with Crippen molar-refractivity contribution >= 4 is 0 Å². The number of aromatic hydroxyl groups is 1. The molecule has 0 radical (unpaired) electrons. The molecule has 0 aromatic heterocycles. The molecule has 4 heteroatoms. The Morgan fingerprint density at radius 2 is 2.33 bits per heavy atom. The van der Waals surface area contributed by atoms with E-state index in [-0.39, 0.29) is 6.04 Å². The Morgan fingerprint density at radius 1 is 1.56 bits per heavy atom. The predicted molar refractivity (Wildman–Crippen MR) is 71.9 cm³/mol. The molecule has 18 heavy (non-hydrogen) atoms. The SMILES string of the molecule is COc1ccc(O)c(C(C)N2CCCC2CN)c1. The minimum atomic E-state index is 0.163. The molecule has 1 aromatic carbocycles. The first-order valence-corrected chi connectivity index (χ1v) is 6.50. The first-order valence-electron chi connectivity index (χ1n) is 6.50. The van der Waals surface area contributed by atoms with Crippen LogP contribution in [0.2, 0.25) is 0 Å². The molecule has 1 saturated heterocycles. The second-order valence-corrected chi connectivity index (χ2v) is 4.87. The van der Waals surface area contributed by atoms with Crippen molar-refractivity contribution in [2.24, 2.45) is 5.73 Å². The van der Waals surface area contributed by atoms with E-state index in [0.717, 1.165) is 24.3 Å². The molecular weight excluding hydrogens is 228 g/mol. The number of rotatable bonds is 4. The van der Waals surface area contributed by atoms with E-state index in [9.17, 15) is 5.11 Å². The number of hydrogen-bond donors (Lipinski definition) is 2. The van der Waals surface area contributed by atoms with Gasteiger partial charge in [0.15, 0.2) is 0 Å². The normalized spacial score (nSPS) is 22.1. The molecule has 2 atom stereocenters. The van der Waals surface area contributed by atoms with E-state index in [0.29, 0.717) is 18.3 Å². The average molecular weight is 250 g/mol. The highest BCUT2D eigenvalue weighted by atomic mass is 16.5. The van der Waals surface area contributed by atoms with Crippen LogP contribution in [-0.2, 0) is 0 Å². The van der Waals surface area contributed by atoms with E-state index >= 15 is 0 Å². The molecule has 1 aromatic rings. The number of phenolic OH excluding ortho intramolecular Hbond substituents is 1. The zero-order valence-electron chi connectivity index (χ0n) is 11.1. The predicted octanol–water partition coefficient (Wildman–Crippen LogP) is 1.88. The van der Waals surface area contributed by atoms with Crippen LogP contribution < -0.4 is 10.5 Å². The summed E-state index contributed by atoms with van der Waals surface area (Å²) in [7, 11) is 1.64. The second-order valence-electron chi connectivity index (χ2n) is 4.87. The van der Waals surface area contributed by atoms with Gasteiger partial charge in [-0.1, -0.05) is 0 Å². The fourth-order valence-electron chi connectivity index (χ4n) is 2.79. The molecule has 0 bridgehead atoms. The number of hydrogen-bond acceptors (Lipinski definition) is 4. The Morgan fingerprint density at radius 3 is 3.00 bits per heavy atom. The van der Waals surface area contributed by atoms with Crippen LogP contribution in [-0.4, -0.2) is 36.2 Å². The lowest BCUT2D eigenvalue weighted by Crippen LogP contribution is -2.37. The Balaban J connectivity index is 2.24. The lowest BCUT2D eigenvalue weighted by atomic mass is 10.0. The summed E-state index contributed by atoms with van der Waals surface area (Å²) >= 11 is 0. The molecule has 0 amide bonds. The standard InChI is InChI=1S/C14H22N2O2/c1-10(16-7-3-4-11(16)9-15)13-8-12(18-2)5-6-14(13)17/h5-6,8,10-11,17H,3-4,7,9,15H2,1-2H3. The van der Waals surface area contributed by atoms with Crippen molar-refractivity contribution < 1.29 is 9.84 Å². The Labute approximate surface area is 108 Å². The molecule has 0 saturated carbocycles. The van der Waals surface area contributed by atoms with Gasteiger partial charge in [-0.25, -0.2) is 0 Å². The monoisotopic (exact) mass is 250 g/mol. The summed E-state index contributed by atoms with van der Waals surface area (Å²) in [6, 6.07) is 5.96. The van der Waals surface area contributed by atoms with Crippen molar-refractivity contribution in [1.29, 1.82) is 0 Å². The average Bonchev–Trinajstić information content (AvgIpc) is 2.86. The highest BCUT2D eigenvalue weighted by Gasteiger charge is 2.29. The summed E-state index contributed by atoms with van der Waals surface area (Å²) in [6.45, 7) is 3.83. The van der Waals surface area contributed by atoms with E-state index in [4.69, 9.17) is 10.5 Å². The van der Waals surface area contributed by atoms with Crippen LogP contribution in [0.4, 0.5) is 0 Å². The number of likely N-dealkylation sites (tertiary alicyclic amines) is 1. The molecule has 1 aliphatic heterocycles. The van der Waals surface area contributed by atoms with Crippen molar-refractivity contribution in [3.8, 4) is 11.5 Å². The van der Waals surface area contributed by atoms with Crippen molar-refractivity contribution in [3.05, 3.63) is 23.8 Å². The van der Waals surface area contributed by atoms with Gasteiger partial charge in [0.25, 0.3) is 0 Å². The highest BCUT2D eigenvalue weighted by Crippen LogP contribution is 2.35. The van der Waals surface area contributed by atoms with Gasteiger partial charge in [0.2, 0.25) is 0 Å². The van der Waals surface area contributed by atoms with Crippen LogP contribution in [0, 0.1) is 0 Å². The lowest BCUT2D eigenvalue weighted by Gasteiger charge is -2.30. The van der Waals surface area contributed by atoms with Crippen molar-refractivity contribution in [2.45, 2.75) is 31.8 Å². The molecule has 1 heterocycles. The fraction of sp³-hybridized carbons (Fsp3) is 0.571. The van der Waals surface area contributed by atoms with Crippen LogP contribution in [0.5, 0.6) is 11.5 Å². The molecule has 2 unspecified atom stereocenters. The van der Waals surface area contributed by atoms with Gasteiger partial charge >= 0.3 is 0 Å². The zero-order valence-corrected chi connectivity index (χ0v) is 11.1. The Kier molecular flexibility index (Phi) is 4.09. The van der Waals surface area contributed by atoms with E-state index in [1.807, 2.05) is 6.07 Å². The summed E-state index contributed by atoms with van der Waals surface area (Å²) in [6.07, 6.45) is 2.32. The second kappa shape index (κ2) is 5.59. The maximum Gasteiger partial charge on any atom is 0.120 e. The Hall–Kier alpha value is -1.26. The molecule has 3 N–H and O–H groups in total. The summed E-state index contributed by atoms with van der Waals surface area (Å²) < 4.78 is 5.22. The number of ether oxygens (including phenoxy) is 1. The highest BCUT2D eigenvalue weighted by molar-refractivity contribution is 5.41. The van der Waals surface area contributed by atoms with Gasteiger partial charge in [-0.2, -0.15) is 0 Å². The quantitative estimate of drug-likeness (QED) is 0.856. The lowest BCUT2D eigenvalue weighted by molar-refractivity contribution is 0.193. The maximum absolute atomic E-state index is 10.0. The number of methoxy groups -OCH3 is 1. The van der Waals surface area contributed by atoms with Gasteiger partial charge in [-0.3, -0.25) is 4.90 Å². The smallest absolute Gasteiger partial charge is 0.120 e. The van der Waals surface area contributed by atoms with Crippen LogP contribution in [0.1, 0.15) is 31.4 Å². The maximum atomic E-state index is 10.0. The van der Waals surface area contributed by atoms with Crippen LogP contribution in [0.25, 0.3) is 0 Å². The molecule has 0 aliphatic carbocycles. The molecule has 0 spiro atoms. The fourth-order valence-corrected chi connectivity index (χ4v) is 2.79. The first kappa shape index (κ1) is 13.2. The summed E-state index contributed by atoms with van der Waals surface area (Å²) in [5, 5.41) is 10.0. The topological polar surface area (TPSA) is 58.7 Å². The third-order valence-electron chi connectivity index (χ3n) is 3.88.